The van der Waals surface area contributed by atoms with Gasteiger partial charge in [0.2, 0.25) is 0 Å². The van der Waals surface area contributed by atoms with Crippen LogP contribution in [0.4, 0.5) is 10.1 Å². The maximum Gasteiger partial charge on any atom is 0.313 e. The van der Waals surface area contributed by atoms with Crippen LogP contribution in [0.1, 0.15) is 12.8 Å². The number of nitro groups is 1. The van der Waals surface area contributed by atoms with Gasteiger partial charge < -0.3 is 10.1 Å². The third kappa shape index (κ3) is 2.52. The fraction of sp³-hybridized carbons (Fsp3) is 0.455. The van der Waals surface area contributed by atoms with Crippen LogP contribution in [0.3, 0.4) is 0 Å². The van der Waals surface area contributed by atoms with Crippen molar-refractivity contribution < 1.29 is 14.1 Å². The lowest BCUT2D eigenvalue weighted by Gasteiger charge is -2.34. The smallest absolute Gasteiger partial charge is 0.313 e. The molecule has 0 bridgehead atoms. The van der Waals surface area contributed by atoms with E-state index in [0.717, 1.165) is 25.0 Å². The van der Waals surface area contributed by atoms with Crippen LogP contribution in [0.2, 0.25) is 0 Å². The second-order valence-corrected chi connectivity index (χ2v) is 4.07. The first kappa shape index (κ1) is 11.8. The van der Waals surface area contributed by atoms with Gasteiger partial charge in [0.25, 0.3) is 0 Å². The second kappa shape index (κ2) is 4.67. The molecule has 0 saturated heterocycles. The van der Waals surface area contributed by atoms with Crippen LogP contribution < -0.4 is 10.1 Å². The molecule has 0 aliphatic heterocycles. The lowest BCUT2D eigenvalue weighted by molar-refractivity contribution is -0.386. The summed E-state index contributed by atoms with van der Waals surface area (Å²) in [5, 5.41) is 13.8. The van der Waals surface area contributed by atoms with Gasteiger partial charge in [0.1, 0.15) is 11.9 Å². The van der Waals surface area contributed by atoms with Crippen molar-refractivity contribution in [3.63, 3.8) is 0 Å². The Labute approximate surface area is 97.7 Å². The number of ether oxygens (including phenoxy) is 1. The summed E-state index contributed by atoms with van der Waals surface area (Å²) in [7, 11) is 1.86. The Morgan fingerprint density at radius 2 is 2.24 bits per heavy atom. The number of nitrogens with one attached hydrogen (secondary N) is 1. The largest absolute Gasteiger partial charge is 0.483 e. The van der Waals surface area contributed by atoms with Crippen molar-refractivity contribution >= 4 is 5.69 Å². The molecule has 0 atom stereocenters. The molecule has 1 aromatic carbocycles. The zero-order valence-corrected chi connectivity index (χ0v) is 9.35. The minimum absolute atomic E-state index is 0.0309. The molecule has 0 heterocycles. The Balaban J connectivity index is 2.08. The molecule has 0 spiro atoms. The van der Waals surface area contributed by atoms with Gasteiger partial charge in [-0.3, -0.25) is 10.1 Å². The lowest BCUT2D eigenvalue weighted by atomic mass is 9.89. The Kier molecular flexibility index (Phi) is 3.23. The van der Waals surface area contributed by atoms with Crippen LogP contribution in [0, 0.1) is 15.9 Å². The Morgan fingerprint density at radius 1 is 1.53 bits per heavy atom. The number of halogens is 1. The number of benzene rings is 1. The molecular formula is C11H13FN2O3. The fourth-order valence-corrected chi connectivity index (χ4v) is 1.81. The minimum Gasteiger partial charge on any atom is -0.483 e. The number of rotatable bonds is 4. The predicted molar refractivity (Wildman–Crippen MR) is 59.6 cm³/mol. The van der Waals surface area contributed by atoms with E-state index >= 15 is 0 Å². The van der Waals surface area contributed by atoms with Crippen LogP contribution in [-0.2, 0) is 0 Å². The Bertz CT molecular complexity index is 433. The average Bonchev–Trinajstić information content (AvgIpc) is 2.24. The molecule has 0 aromatic heterocycles. The zero-order valence-electron chi connectivity index (χ0n) is 9.35. The van der Waals surface area contributed by atoms with Crippen molar-refractivity contribution in [2.24, 2.45) is 0 Å². The van der Waals surface area contributed by atoms with Crippen molar-refractivity contribution in [2.75, 3.05) is 7.05 Å². The van der Waals surface area contributed by atoms with Gasteiger partial charge in [-0.05, 0) is 32.0 Å². The van der Waals surface area contributed by atoms with E-state index in [4.69, 9.17) is 4.74 Å². The molecule has 1 aromatic rings. The van der Waals surface area contributed by atoms with Gasteiger partial charge in [0.05, 0.1) is 11.0 Å². The molecule has 1 aliphatic carbocycles. The van der Waals surface area contributed by atoms with Gasteiger partial charge in [0, 0.05) is 6.04 Å². The highest BCUT2D eigenvalue weighted by Gasteiger charge is 2.31. The quantitative estimate of drug-likeness (QED) is 0.644. The molecule has 17 heavy (non-hydrogen) atoms. The van der Waals surface area contributed by atoms with E-state index in [2.05, 4.69) is 5.32 Å². The van der Waals surface area contributed by atoms with Crippen molar-refractivity contribution in [3.05, 3.63) is 34.1 Å². The summed E-state index contributed by atoms with van der Waals surface area (Å²) in [4.78, 5) is 10.1. The molecular weight excluding hydrogens is 227 g/mol. The molecule has 2 rings (SSSR count). The highest BCUT2D eigenvalue weighted by atomic mass is 19.1. The van der Waals surface area contributed by atoms with Gasteiger partial charge in [-0.1, -0.05) is 0 Å². The fourth-order valence-electron chi connectivity index (χ4n) is 1.81. The first-order valence-electron chi connectivity index (χ1n) is 5.38. The minimum atomic E-state index is -0.634. The lowest BCUT2D eigenvalue weighted by Crippen LogP contribution is -2.45. The van der Waals surface area contributed by atoms with Crippen LogP contribution in [0.5, 0.6) is 5.75 Å². The van der Waals surface area contributed by atoms with Crippen LogP contribution in [0.15, 0.2) is 18.2 Å². The monoisotopic (exact) mass is 240 g/mol. The van der Waals surface area contributed by atoms with Crippen LogP contribution in [-0.4, -0.2) is 24.1 Å². The molecule has 1 fully saturated rings. The molecule has 0 amide bonds. The Morgan fingerprint density at radius 3 is 2.82 bits per heavy atom. The van der Waals surface area contributed by atoms with E-state index in [1.54, 1.807) is 0 Å². The van der Waals surface area contributed by atoms with Crippen molar-refractivity contribution in [1.29, 1.82) is 0 Å². The zero-order chi connectivity index (χ0) is 12.4. The molecule has 92 valence electrons. The maximum atomic E-state index is 12.9. The summed E-state index contributed by atoms with van der Waals surface area (Å²) in [6.07, 6.45) is 1.59. The first-order valence-corrected chi connectivity index (χ1v) is 5.38. The van der Waals surface area contributed by atoms with Crippen LogP contribution >= 0.6 is 0 Å². The normalized spacial score (nSPS) is 22.9. The highest BCUT2D eigenvalue weighted by Crippen LogP contribution is 2.32. The number of nitrogens with zero attached hydrogens (tertiary/aromatic N) is 1. The van der Waals surface area contributed by atoms with E-state index < -0.39 is 10.7 Å². The van der Waals surface area contributed by atoms with E-state index in [0.29, 0.717) is 6.04 Å². The van der Waals surface area contributed by atoms with Crippen molar-refractivity contribution in [1.82, 2.24) is 5.32 Å². The number of hydrogen-bond donors (Lipinski definition) is 1. The molecule has 6 heteroatoms. The summed E-state index contributed by atoms with van der Waals surface area (Å²) in [5.41, 5.74) is -0.321. The molecule has 1 saturated carbocycles. The van der Waals surface area contributed by atoms with Crippen LogP contribution in [0.25, 0.3) is 0 Å². The molecule has 5 nitrogen and oxygen atoms in total. The summed E-state index contributed by atoms with van der Waals surface area (Å²) < 4.78 is 18.4. The molecule has 0 unspecified atom stereocenters. The van der Waals surface area contributed by atoms with E-state index in [1.165, 1.54) is 6.07 Å². The SMILES string of the molecule is CNC1CC(Oc2ccc(F)cc2[N+](=O)[O-])C1. The van der Waals surface area contributed by atoms with E-state index in [1.807, 2.05) is 7.05 Å². The Hall–Kier alpha value is -1.69. The van der Waals surface area contributed by atoms with Gasteiger partial charge in [-0.2, -0.15) is 0 Å². The van der Waals surface area contributed by atoms with E-state index in [9.17, 15) is 14.5 Å². The van der Waals surface area contributed by atoms with Gasteiger partial charge in [0.15, 0.2) is 5.75 Å². The summed E-state index contributed by atoms with van der Waals surface area (Å²) >= 11 is 0. The summed E-state index contributed by atoms with van der Waals surface area (Å²) in [5.74, 6) is -0.498. The maximum absolute atomic E-state index is 12.9. The third-order valence-electron chi connectivity index (χ3n) is 2.91. The molecule has 1 aliphatic rings. The van der Waals surface area contributed by atoms with Gasteiger partial charge >= 0.3 is 5.69 Å². The van der Waals surface area contributed by atoms with Gasteiger partial charge in [-0.25, -0.2) is 4.39 Å². The van der Waals surface area contributed by atoms with Crippen molar-refractivity contribution in [2.45, 2.75) is 25.0 Å². The summed E-state index contributed by atoms with van der Waals surface area (Å²) in [6.45, 7) is 0. The number of hydrogen-bond acceptors (Lipinski definition) is 4. The average molecular weight is 240 g/mol. The molecule has 0 radical (unpaired) electrons. The highest BCUT2D eigenvalue weighted by molar-refractivity contribution is 5.46. The molecule has 1 N–H and O–H groups in total. The first-order chi connectivity index (χ1) is 8.10. The predicted octanol–water partition coefficient (Wildman–Crippen LogP) is 1.86. The topological polar surface area (TPSA) is 64.4 Å². The van der Waals surface area contributed by atoms with E-state index in [-0.39, 0.29) is 17.5 Å². The third-order valence-corrected chi connectivity index (χ3v) is 2.91. The standard InChI is InChI=1S/C11H13FN2O3/c1-13-8-5-9(6-8)17-11-3-2-7(12)4-10(11)14(15)16/h2-4,8-9,13H,5-6H2,1H3. The van der Waals surface area contributed by atoms with Gasteiger partial charge in [-0.15, -0.1) is 0 Å². The second-order valence-electron chi connectivity index (χ2n) is 4.07. The van der Waals surface area contributed by atoms with Crippen molar-refractivity contribution in [3.8, 4) is 5.75 Å². The number of nitro benzene ring substituents is 1. The summed E-state index contributed by atoms with van der Waals surface area (Å²) in [6, 6.07) is 3.75.